The smallest absolute Gasteiger partial charge is 0.139 e. The molecule has 1 fully saturated rings. The summed E-state index contributed by atoms with van der Waals surface area (Å²) in [6.07, 6.45) is 1.02. The predicted molar refractivity (Wildman–Crippen MR) is 110 cm³/mol. The number of amidine groups is 1. The normalized spacial score (nSPS) is 20.0. The molecular formula is C19H23ClN4OS. The Labute approximate surface area is 163 Å². The molecule has 1 aromatic carbocycles. The van der Waals surface area contributed by atoms with E-state index in [1.165, 1.54) is 0 Å². The lowest BCUT2D eigenvalue weighted by molar-refractivity contribution is 0.100. The molecule has 1 saturated heterocycles. The minimum atomic E-state index is 0.462. The van der Waals surface area contributed by atoms with Crippen LogP contribution >= 0.6 is 22.9 Å². The van der Waals surface area contributed by atoms with Crippen LogP contribution in [0.2, 0.25) is 5.02 Å². The van der Waals surface area contributed by atoms with Gasteiger partial charge in [-0.3, -0.25) is 4.90 Å². The second-order valence-corrected chi connectivity index (χ2v) is 8.10. The first-order valence-corrected chi connectivity index (χ1v) is 10.1. The van der Waals surface area contributed by atoms with Gasteiger partial charge in [-0.2, -0.15) is 0 Å². The van der Waals surface area contributed by atoms with Gasteiger partial charge in [-0.15, -0.1) is 11.3 Å². The number of hydrogen-bond acceptors (Lipinski definition) is 6. The molecule has 1 N–H and O–H groups in total. The van der Waals surface area contributed by atoms with Crippen molar-refractivity contribution < 1.29 is 4.74 Å². The molecular weight excluding hydrogens is 368 g/mol. The summed E-state index contributed by atoms with van der Waals surface area (Å²) in [5.74, 6) is 1.03. The molecule has 0 amide bonds. The highest BCUT2D eigenvalue weighted by molar-refractivity contribution is 7.14. The van der Waals surface area contributed by atoms with E-state index < -0.39 is 0 Å². The van der Waals surface area contributed by atoms with Gasteiger partial charge in [-0.1, -0.05) is 11.6 Å². The molecule has 0 unspecified atom stereocenters. The Morgan fingerprint density at radius 3 is 3.08 bits per heavy atom. The number of nitrogens with zero attached hydrogens (tertiary/aromatic N) is 3. The molecule has 0 aliphatic carbocycles. The van der Waals surface area contributed by atoms with Crippen LogP contribution in [-0.2, 0) is 4.74 Å². The third-order valence-electron chi connectivity index (χ3n) is 5.07. The largest absolute Gasteiger partial charge is 0.385 e. The van der Waals surface area contributed by atoms with E-state index in [0.717, 1.165) is 60.4 Å². The SMILES string of the molecule is COCC[C@H]1CN(C2=Nc3cc(Cl)ccc3Nc3sccc32)CCN1C. The Morgan fingerprint density at radius 1 is 1.35 bits per heavy atom. The summed E-state index contributed by atoms with van der Waals surface area (Å²) in [7, 11) is 3.96. The number of benzene rings is 1. The molecule has 26 heavy (non-hydrogen) atoms. The number of anilines is 2. The van der Waals surface area contributed by atoms with Crippen LogP contribution in [0.1, 0.15) is 12.0 Å². The van der Waals surface area contributed by atoms with E-state index in [1.54, 1.807) is 18.4 Å². The molecule has 1 atom stereocenters. The van der Waals surface area contributed by atoms with Crippen molar-refractivity contribution in [1.82, 2.24) is 9.80 Å². The van der Waals surface area contributed by atoms with E-state index in [4.69, 9.17) is 21.3 Å². The van der Waals surface area contributed by atoms with Gasteiger partial charge in [0, 0.05) is 44.4 Å². The van der Waals surface area contributed by atoms with E-state index in [0.29, 0.717) is 11.1 Å². The maximum absolute atomic E-state index is 6.22. The number of nitrogens with one attached hydrogen (secondary N) is 1. The number of ether oxygens (including phenoxy) is 1. The quantitative estimate of drug-likeness (QED) is 0.853. The fourth-order valence-corrected chi connectivity index (χ4v) is 4.49. The maximum Gasteiger partial charge on any atom is 0.139 e. The maximum atomic E-state index is 6.22. The standard InChI is InChI=1S/C19H23ClN4OS/c1-23-7-8-24(12-14(23)5-9-25-2)18-15-6-10-26-19(15)22-16-4-3-13(20)11-17(16)21-18/h3-4,6,10-11,14,22H,5,7-9,12H2,1-2H3/t14-/m0/s1. The van der Waals surface area contributed by atoms with Crippen LogP contribution in [-0.4, -0.2) is 62.1 Å². The van der Waals surface area contributed by atoms with E-state index in [1.807, 2.05) is 18.2 Å². The van der Waals surface area contributed by atoms with E-state index in [2.05, 4.69) is 33.6 Å². The summed E-state index contributed by atoms with van der Waals surface area (Å²) >= 11 is 7.93. The van der Waals surface area contributed by atoms with Gasteiger partial charge in [0.15, 0.2) is 0 Å². The highest BCUT2D eigenvalue weighted by Gasteiger charge is 2.29. The Balaban J connectivity index is 1.69. The molecule has 5 nitrogen and oxygen atoms in total. The molecule has 0 spiro atoms. The van der Waals surface area contributed by atoms with Crippen LogP contribution in [0.5, 0.6) is 0 Å². The Morgan fingerprint density at radius 2 is 2.23 bits per heavy atom. The van der Waals surface area contributed by atoms with Gasteiger partial charge in [-0.05, 0) is 43.1 Å². The lowest BCUT2D eigenvalue weighted by atomic mass is 10.1. The molecule has 4 rings (SSSR count). The first-order valence-electron chi connectivity index (χ1n) is 8.83. The fraction of sp³-hybridized carbons (Fsp3) is 0.421. The topological polar surface area (TPSA) is 40.1 Å². The van der Waals surface area contributed by atoms with Crippen LogP contribution in [0.25, 0.3) is 0 Å². The highest BCUT2D eigenvalue weighted by atomic mass is 35.5. The van der Waals surface area contributed by atoms with Crippen molar-refractivity contribution in [3.05, 3.63) is 40.2 Å². The van der Waals surface area contributed by atoms with Crippen LogP contribution in [0, 0.1) is 0 Å². The first-order chi connectivity index (χ1) is 12.7. The summed E-state index contributed by atoms with van der Waals surface area (Å²) in [5.41, 5.74) is 3.05. The molecule has 2 aliphatic heterocycles. The van der Waals surface area contributed by atoms with Gasteiger partial charge < -0.3 is 15.0 Å². The molecule has 1 aromatic heterocycles. The average molecular weight is 391 g/mol. The molecule has 0 bridgehead atoms. The molecule has 138 valence electrons. The Bertz CT molecular complexity index is 822. The second-order valence-electron chi connectivity index (χ2n) is 6.75. The molecule has 7 heteroatoms. The summed E-state index contributed by atoms with van der Waals surface area (Å²) in [4.78, 5) is 9.86. The van der Waals surface area contributed by atoms with E-state index in [-0.39, 0.29) is 0 Å². The zero-order valence-electron chi connectivity index (χ0n) is 15.0. The summed E-state index contributed by atoms with van der Waals surface area (Å²) < 4.78 is 5.30. The zero-order chi connectivity index (χ0) is 18.1. The number of methoxy groups -OCH3 is 1. The summed E-state index contributed by atoms with van der Waals surface area (Å²) in [6.45, 7) is 3.70. The van der Waals surface area contributed by atoms with Crippen molar-refractivity contribution in [2.24, 2.45) is 4.99 Å². The third kappa shape index (κ3) is 3.47. The Kier molecular flexibility index (Phi) is 5.18. The van der Waals surface area contributed by atoms with Crippen LogP contribution in [0.4, 0.5) is 16.4 Å². The van der Waals surface area contributed by atoms with Gasteiger partial charge in [-0.25, -0.2) is 4.99 Å². The van der Waals surface area contributed by atoms with Gasteiger partial charge >= 0.3 is 0 Å². The number of piperazine rings is 1. The minimum absolute atomic E-state index is 0.462. The number of aliphatic imine (C=N–C) groups is 1. The van der Waals surface area contributed by atoms with E-state index >= 15 is 0 Å². The van der Waals surface area contributed by atoms with Crippen molar-refractivity contribution >= 4 is 45.1 Å². The van der Waals surface area contributed by atoms with Gasteiger partial charge in [0.05, 0.1) is 16.9 Å². The second kappa shape index (κ2) is 7.56. The van der Waals surface area contributed by atoms with Crippen LogP contribution in [0.3, 0.4) is 0 Å². The van der Waals surface area contributed by atoms with E-state index in [9.17, 15) is 0 Å². The molecule has 0 saturated carbocycles. The minimum Gasteiger partial charge on any atom is -0.385 e. The number of hydrogen-bond donors (Lipinski definition) is 1. The summed E-state index contributed by atoms with van der Waals surface area (Å²) in [5, 5.41) is 7.48. The van der Waals surface area contributed by atoms with Crippen molar-refractivity contribution in [2.75, 3.05) is 45.7 Å². The van der Waals surface area contributed by atoms with Crippen molar-refractivity contribution in [3.63, 3.8) is 0 Å². The van der Waals surface area contributed by atoms with Gasteiger partial charge in [0.2, 0.25) is 0 Å². The van der Waals surface area contributed by atoms with Gasteiger partial charge in [0.25, 0.3) is 0 Å². The van der Waals surface area contributed by atoms with Crippen molar-refractivity contribution in [1.29, 1.82) is 0 Å². The van der Waals surface area contributed by atoms with Crippen molar-refractivity contribution in [3.8, 4) is 0 Å². The Hall–Kier alpha value is -1.60. The number of fused-ring (bicyclic) bond motifs is 2. The molecule has 3 heterocycles. The lowest BCUT2D eigenvalue weighted by Gasteiger charge is -2.40. The third-order valence-corrected chi connectivity index (χ3v) is 6.14. The molecule has 0 radical (unpaired) electrons. The van der Waals surface area contributed by atoms with Crippen LogP contribution < -0.4 is 5.32 Å². The van der Waals surface area contributed by atoms with Gasteiger partial charge in [0.1, 0.15) is 10.8 Å². The van der Waals surface area contributed by atoms with Crippen molar-refractivity contribution in [2.45, 2.75) is 12.5 Å². The highest BCUT2D eigenvalue weighted by Crippen LogP contribution is 2.39. The monoisotopic (exact) mass is 390 g/mol. The average Bonchev–Trinajstić information content (AvgIpc) is 3.03. The zero-order valence-corrected chi connectivity index (χ0v) is 16.6. The predicted octanol–water partition coefficient (Wildman–Crippen LogP) is 4.19. The summed E-state index contributed by atoms with van der Waals surface area (Å²) in [6, 6.07) is 8.45. The lowest BCUT2D eigenvalue weighted by Crippen LogP contribution is -2.53. The number of likely N-dealkylation sites (N-methyl/N-ethyl adjacent to an activating group) is 1. The fourth-order valence-electron chi connectivity index (χ4n) is 3.53. The number of halogens is 1. The molecule has 2 aliphatic rings. The number of thiophene rings is 1. The molecule has 2 aromatic rings. The van der Waals surface area contributed by atoms with Crippen LogP contribution in [0.15, 0.2) is 34.6 Å². The first kappa shape index (κ1) is 17.8. The number of rotatable bonds is 3.